The van der Waals surface area contributed by atoms with Crippen LogP contribution in [0.3, 0.4) is 0 Å². The van der Waals surface area contributed by atoms with Gasteiger partial charge in [-0.1, -0.05) is 30.4 Å². The lowest BCUT2D eigenvalue weighted by Gasteiger charge is -2.07. The molecular weight excluding hydrogens is 230 g/mol. The van der Waals surface area contributed by atoms with E-state index in [1.165, 1.54) is 0 Å². The Bertz CT molecular complexity index is 605. The van der Waals surface area contributed by atoms with Gasteiger partial charge in [0.2, 0.25) is 5.88 Å². The Hall–Kier alpha value is -2.36. The number of rotatable bonds is 4. The van der Waals surface area contributed by atoms with Crippen LogP contribution in [0, 0.1) is 0 Å². The van der Waals surface area contributed by atoms with Crippen molar-refractivity contribution in [2.24, 2.45) is 0 Å². The fourth-order valence-corrected chi connectivity index (χ4v) is 1.61. The van der Waals surface area contributed by atoms with Crippen molar-refractivity contribution in [1.29, 1.82) is 0 Å². The lowest BCUT2D eigenvalue weighted by Crippen LogP contribution is -2.04. The van der Waals surface area contributed by atoms with Crippen molar-refractivity contribution < 1.29 is 14.6 Å². The zero-order chi connectivity index (χ0) is 13.0. The van der Waals surface area contributed by atoms with E-state index in [2.05, 4.69) is 4.98 Å². The van der Waals surface area contributed by atoms with E-state index in [1.54, 1.807) is 6.07 Å². The minimum Gasteiger partial charge on any atom is -0.477 e. The minimum absolute atomic E-state index is 0.0100. The molecule has 1 aromatic carbocycles. The highest BCUT2D eigenvalue weighted by Crippen LogP contribution is 2.24. The number of carboxylic acids is 1. The number of fused-ring (bicyclic) bond motifs is 1. The molecule has 92 valence electrons. The van der Waals surface area contributed by atoms with Gasteiger partial charge < -0.3 is 9.84 Å². The molecule has 2 aromatic rings. The lowest BCUT2D eigenvalue weighted by molar-refractivity contribution is 0.0689. The van der Waals surface area contributed by atoms with Crippen molar-refractivity contribution >= 4 is 16.7 Å². The largest absolute Gasteiger partial charge is 0.477 e. The van der Waals surface area contributed by atoms with E-state index in [-0.39, 0.29) is 5.69 Å². The highest BCUT2D eigenvalue weighted by molar-refractivity contribution is 5.94. The summed E-state index contributed by atoms with van der Waals surface area (Å²) in [5, 5.41) is 10.6. The number of allylic oxidation sites excluding steroid dienone is 1. The smallest absolute Gasteiger partial charge is 0.354 e. The van der Waals surface area contributed by atoms with Gasteiger partial charge in [-0.3, -0.25) is 0 Å². The quantitative estimate of drug-likeness (QED) is 0.839. The molecule has 2 rings (SSSR count). The summed E-state index contributed by atoms with van der Waals surface area (Å²) < 4.78 is 5.49. The van der Waals surface area contributed by atoms with E-state index in [9.17, 15) is 4.79 Å². The lowest BCUT2D eigenvalue weighted by atomic mass is 10.1. The molecule has 0 spiro atoms. The Balaban J connectivity index is 2.50. The minimum atomic E-state index is -1.06. The van der Waals surface area contributed by atoms with Gasteiger partial charge in [-0.2, -0.15) is 0 Å². The van der Waals surface area contributed by atoms with E-state index in [1.807, 2.05) is 43.3 Å². The zero-order valence-electron chi connectivity index (χ0n) is 9.96. The fraction of sp³-hybridized carbons (Fsp3) is 0.143. The molecule has 1 heterocycles. The number of carbonyl (C=O) groups is 1. The maximum atomic E-state index is 11.0. The molecule has 0 aliphatic heterocycles. The summed E-state index contributed by atoms with van der Waals surface area (Å²) in [5.74, 6) is -0.708. The molecule has 1 aromatic heterocycles. The summed E-state index contributed by atoms with van der Waals surface area (Å²) in [6.07, 6.45) is 3.70. The van der Waals surface area contributed by atoms with Gasteiger partial charge in [-0.25, -0.2) is 9.78 Å². The normalized spacial score (nSPS) is 10.9. The molecule has 4 heteroatoms. The summed E-state index contributed by atoms with van der Waals surface area (Å²) in [5.41, 5.74) is -0.0100. The molecule has 1 N–H and O–H groups in total. The second kappa shape index (κ2) is 5.31. The van der Waals surface area contributed by atoms with Gasteiger partial charge in [0.25, 0.3) is 0 Å². The van der Waals surface area contributed by atoms with Gasteiger partial charge >= 0.3 is 5.97 Å². The molecule has 18 heavy (non-hydrogen) atoms. The molecule has 0 atom stereocenters. The zero-order valence-corrected chi connectivity index (χ0v) is 9.96. The molecular formula is C14H13NO3. The molecule has 0 saturated carbocycles. The van der Waals surface area contributed by atoms with Gasteiger partial charge in [-0.05, 0) is 24.4 Å². The standard InChI is InChI=1S/C14H13NO3/c1-2-3-8-18-13-11-7-5-4-6-10(11)9-12(15-13)14(16)17/h2-7,9H,8H2,1H3,(H,16,17). The van der Waals surface area contributed by atoms with E-state index in [0.29, 0.717) is 12.5 Å². The Morgan fingerprint density at radius 3 is 2.94 bits per heavy atom. The van der Waals surface area contributed by atoms with Crippen LogP contribution in [0.5, 0.6) is 5.88 Å². The first-order valence-corrected chi connectivity index (χ1v) is 5.59. The maximum Gasteiger partial charge on any atom is 0.354 e. The first kappa shape index (κ1) is 12.1. The molecule has 0 unspecified atom stereocenters. The number of hydrogen-bond acceptors (Lipinski definition) is 3. The molecule has 0 amide bonds. The van der Waals surface area contributed by atoms with Crippen molar-refractivity contribution in [2.45, 2.75) is 6.92 Å². The third-order valence-corrected chi connectivity index (χ3v) is 2.48. The van der Waals surface area contributed by atoms with E-state index < -0.39 is 5.97 Å². The predicted octanol–water partition coefficient (Wildman–Crippen LogP) is 2.89. The van der Waals surface area contributed by atoms with Crippen LogP contribution >= 0.6 is 0 Å². The number of aromatic nitrogens is 1. The van der Waals surface area contributed by atoms with E-state index in [4.69, 9.17) is 9.84 Å². The van der Waals surface area contributed by atoms with Crippen LogP contribution in [0.25, 0.3) is 10.8 Å². The monoisotopic (exact) mass is 243 g/mol. The molecule has 0 radical (unpaired) electrons. The molecule has 0 aliphatic carbocycles. The fourth-order valence-electron chi connectivity index (χ4n) is 1.61. The predicted molar refractivity (Wildman–Crippen MR) is 69.0 cm³/mol. The van der Waals surface area contributed by atoms with Crippen LogP contribution in [0.15, 0.2) is 42.5 Å². The van der Waals surface area contributed by atoms with E-state index in [0.717, 1.165) is 10.8 Å². The van der Waals surface area contributed by atoms with Gasteiger partial charge in [0, 0.05) is 5.39 Å². The third kappa shape index (κ3) is 2.48. The molecule has 0 aliphatic rings. The van der Waals surface area contributed by atoms with Crippen LogP contribution in [0.4, 0.5) is 0 Å². The molecule has 0 bridgehead atoms. The maximum absolute atomic E-state index is 11.0. The van der Waals surface area contributed by atoms with Gasteiger partial charge in [0.15, 0.2) is 5.69 Å². The number of ether oxygens (including phenoxy) is 1. The summed E-state index contributed by atoms with van der Waals surface area (Å²) in [4.78, 5) is 15.0. The molecule has 0 saturated heterocycles. The number of hydrogen-bond donors (Lipinski definition) is 1. The van der Waals surface area contributed by atoms with Crippen LogP contribution in [0.2, 0.25) is 0 Å². The Kier molecular flexibility index (Phi) is 3.57. The SMILES string of the molecule is CC=CCOc1nc(C(=O)O)cc2ccccc12. The number of aromatic carboxylic acids is 1. The van der Waals surface area contributed by atoms with Crippen molar-refractivity contribution in [3.63, 3.8) is 0 Å². The Labute approximate surface area is 105 Å². The number of carboxylic acid groups (broad SMARTS) is 1. The second-order valence-electron chi connectivity index (χ2n) is 3.72. The number of benzene rings is 1. The van der Waals surface area contributed by atoms with Crippen LogP contribution < -0.4 is 4.74 Å². The molecule has 4 nitrogen and oxygen atoms in total. The summed E-state index contributed by atoms with van der Waals surface area (Å²) in [7, 11) is 0. The first-order valence-electron chi connectivity index (χ1n) is 5.59. The van der Waals surface area contributed by atoms with Crippen LogP contribution in [-0.2, 0) is 0 Å². The molecule has 0 fully saturated rings. The van der Waals surface area contributed by atoms with Crippen molar-refractivity contribution in [1.82, 2.24) is 4.98 Å². The number of nitrogens with zero attached hydrogens (tertiary/aromatic N) is 1. The first-order chi connectivity index (χ1) is 8.72. The Morgan fingerprint density at radius 2 is 2.22 bits per heavy atom. The van der Waals surface area contributed by atoms with Crippen molar-refractivity contribution in [3.8, 4) is 5.88 Å². The third-order valence-electron chi connectivity index (χ3n) is 2.48. The number of pyridine rings is 1. The second-order valence-corrected chi connectivity index (χ2v) is 3.72. The van der Waals surface area contributed by atoms with Gasteiger partial charge in [0.05, 0.1) is 0 Å². The summed E-state index contributed by atoms with van der Waals surface area (Å²) >= 11 is 0. The Morgan fingerprint density at radius 1 is 1.44 bits per heavy atom. The van der Waals surface area contributed by atoms with Crippen molar-refractivity contribution in [2.75, 3.05) is 6.61 Å². The van der Waals surface area contributed by atoms with Gasteiger partial charge in [0.1, 0.15) is 6.61 Å². The average molecular weight is 243 g/mol. The van der Waals surface area contributed by atoms with Gasteiger partial charge in [-0.15, -0.1) is 0 Å². The average Bonchev–Trinajstić information content (AvgIpc) is 2.38. The van der Waals surface area contributed by atoms with E-state index >= 15 is 0 Å². The summed E-state index contributed by atoms with van der Waals surface area (Å²) in [6, 6.07) is 8.96. The van der Waals surface area contributed by atoms with Crippen LogP contribution in [-0.4, -0.2) is 22.7 Å². The van der Waals surface area contributed by atoms with Crippen LogP contribution in [0.1, 0.15) is 17.4 Å². The van der Waals surface area contributed by atoms with Crippen molar-refractivity contribution in [3.05, 3.63) is 48.2 Å². The topological polar surface area (TPSA) is 59.4 Å². The highest BCUT2D eigenvalue weighted by atomic mass is 16.5. The highest BCUT2D eigenvalue weighted by Gasteiger charge is 2.11. The summed E-state index contributed by atoms with van der Waals surface area (Å²) in [6.45, 7) is 2.26.